The Morgan fingerprint density at radius 3 is 1.66 bits per heavy atom. The minimum Gasteiger partial charge on any atom is -0.0751 e. The Kier molecular flexibility index (Phi) is 6.40. The zero-order valence-electron chi connectivity index (χ0n) is 26.8. The Morgan fingerprint density at radius 1 is 0.447 bits per heavy atom. The van der Waals surface area contributed by atoms with Crippen LogP contribution in [0.25, 0.3) is 39.1 Å². The van der Waals surface area contributed by atoms with E-state index in [9.17, 15) is 0 Å². The summed E-state index contributed by atoms with van der Waals surface area (Å²) in [5.41, 5.74) is 15.7. The summed E-state index contributed by atoms with van der Waals surface area (Å²) < 4.78 is 0. The number of rotatable bonds is 5. The lowest BCUT2D eigenvalue weighted by atomic mass is 9.55. The molecule has 0 heterocycles. The first kappa shape index (κ1) is 27.8. The molecule has 0 fully saturated rings. The van der Waals surface area contributed by atoms with Gasteiger partial charge in [0.25, 0.3) is 0 Å². The van der Waals surface area contributed by atoms with Crippen LogP contribution in [0.5, 0.6) is 0 Å². The fraction of sp³-hybridized carbons (Fsp3) is 0.106. The number of aryl methyl sites for hydroxylation is 2. The fourth-order valence-corrected chi connectivity index (χ4v) is 8.89. The maximum Gasteiger partial charge on any atom is 0.0415 e. The van der Waals surface area contributed by atoms with Gasteiger partial charge in [0.1, 0.15) is 0 Å². The maximum absolute atomic E-state index is 2.52. The van der Waals surface area contributed by atoms with Crippen molar-refractivity contribution in [2.24, 2.45) is 0 Å². The van der Waals surface area contributed by atoms with E-state index in [-0.39, 0.29) is 11.8 Å². The van der Waals surface area contributed by atoms with E-state index in [0.717, 1.165) is 0 Å². The van der Waals surface area contributed by atoms with Crippen LogP contribution in [0, 0.1) is 13.8 Å². The van der Waals surface area contributed by atoms with Crippen LogP contribution in [0.1, 0.15) is 56.3 Å². The van der Waals surface area contributed by atoms with Crippen molar-refractivity contribution < 1.29 is 0 Å². The van der Waals surface area contributed by atoms with Gasteiger partial charge in [0, 0.05) is 17.3 Å². The van der Waals surface area contributed by atoms with E-state index < -0.39 is 5.41 Å². The van der Waals surface area contributed by atoms with Crippen molar-refractivity contribution >= 4 is 16.8 Å². The molecule has 0 spiro atoms. The summed E-state index contributed by atoms with van der Waals surface area (Å²) in [6.45, 7) is 4.47. The molecule has 0 nitrogen and oxygen atoms in total. The van der Waals surface area contributed by atoms with Gasteiger partial charge < -0.3 is 0 Å². The van der Waals surface area contributed by atoms with Crippen LogP contribution in [0.2, 0.25) is 0 Å². The van der Waals surface area contributed by atoms with Gasteiger partial charge in [0.05, 0.1) is 0 Å². The van der Waals surface area contributed by atoms with Gasteiger partial charge in [-0.25, -0.2) is 0 Å². The summed E-state index contributed by atoms with van der Waals surface area (Å²) >= 11 is 0. The topological polar surface area (TPSA) is 0 Å². The summed E-state index contributed by atoms with van der Waals surface area (Å²) in [6, 6.07) is 59.3. The Bertz CT molecular complexity index is 2230. The smallest absolute Gasteiger partial charge is 0.0415 e. The molecule has 0 radical (unpaired) electrons. The summed E-state index contributed by atoms with van der Waals surface area (Å²) in [6.07, 6.45) is 4.93. The molecule has 2 aliphatic carbocycles. The third-order valence-corrected chi connectivity index (χ3v) is 10.8. The number of hydrogen-bond donors (Lipinski definition) is 0. The van der Waals surface area contributed by atoms with Gasteiger partial charge in [0.15, 0.2) is 0 Å². The van der Waals surface area contributed by atoms with Gasteiger partial charge >= 0.3 is 0 Å². The maximum atomic E-state index is 2.52. The molecular weight excluding hydrogens is 565 g/mol. The van der Waals surface area contributed by atoms with E-state index >= 15 is 0 Å². The van der Waals surface area contributed by atoms with Crippen LogP contribution in [0.4, 0.5) is 0 Å². The highest BCUT2D eigenvalue weighted by atomic mass is 14.5. The number of fused-ring (bicyclic) bond motifs is 5. The molecule has 0 heteroatoms. The van der Waals surface area contributed by atoms with Crippen LogP contribution >= 0.6 is 0 Å². The standard InChI is InChI=1S/C47H36/c1-31-23-25-40-41-26-24-32(2)30-44(41)46(43(40)29-31)47(34-15-5-3-6-16-34,35-17-7-4-8-18-35)45-28-27-39-38(21-12-22-42(39)45)37-20-11-14-33-13-9-10-19-36(33)37/h3-30,45-46H,1-2H3. The second kappa shape index (κ2) is 10.8. The fourth-order valence-electron chi connectivity index (χ4n) is 8.89. The van der Waals surface area contributed by atoms with Crippen LogP contribution in [0.3, 0.4) is 0 Å². The Morgan fingerprint density at radius 2 is 1.00 bits per heavy atom. The average molecular weight is 601 g/mol. The Balaban J connectivity index is 1.38. The van der Waals surface area contributed by atoms with Crippen molar-refractivity contribution in [3.05, 3.63) is 208 Å². The molecule has 0 bridgehead atoms. The molecule has 47 heavy (non-hydrogen) atoms. The van der Waals surface area contributed by atoms with Crippen molar-refractivity contribution in [1.29, 1.82) is 0 Å². The van der Waals surface area contributed by atoms with Crippen molar-refractivity contribution in [2.75, 3.05) is 0 Å². The molecule has 7 aromatic carbocycles. The third kappa shape index (κ3) is 4.14. The van der Waals surface area contributed by atoms with Gasteiger partial charge in [-0.15, -0.1) is 0 Å². The number of hydrogen-bond acceptors (Lipinski definition) is 0. The first-order valence-electron chi connectivity index (χ1n) is 16.8. The lowest BCUT2D eigenvalue weighted by molar-refractivity contribution is 0.416. The molecular formula is C47H36. The second-order valence-electron chi connectivity index (χ2n) is 13.4. The van der Waals surface area contributed by atoms with E-state index in [1.807, 2.05) is 0 Å². The van der Waals surface area contributed by atoms with E-state index in [0.29, 0.717) is 0 Å². The molecule has 7 aromatic rings. The third-order valence-electron chi connectivity index (χ3n) is 10.8. The van der Waals surface area contributed by atoms with Crippen molar-refractivity contribution in [3.63, 3.8) is 0 Å². The molecule has 1 unspecified atom stereocenters. The van der Waals surface area contributed by atoms with Gasteiger partial charge in [-0.2, -0.15) is 0 Å². The largest absolute Gasteiger partial charge is 0.0751 e. The molecule has 224 valence electrons. The van der Waals surface area contributed by atoms with Crippen LogP contribution < -0.4 is 0 Å². The van der Waals surface area contributed by atoms with Gasteiger partial charge in [-0.05, 0) is 80.3 Å². The van der Waals surface area contributed by atoms with E-state index in [1.165, 1.54) is 77.5 Å². The van der Waals surface area contributed by atoms with Crippen molar-refractivity contribution in [3.8, 4) is 22.3 Å². The van der Waals surface area contributed by atoms with Crippen LogP contribution in [0.15, 0.2) is 164 Å². The highest BCUT2D eigenvalue weighted by Gasteiger charge is 2.53. The monoisotopic (exact) mass is 600 g/mol. The summed E-state index contributed by atoms with van der Waals surface area (Å²) in [7, 11) is 0. The zero-order chi connectivity index (χ0) is 31.5. The van der Waals surface area contributed by atoms with E-state index in [2.05, 4.69) is 184 Å². The predicted octanol–water partition coefficient (Wildman–Crippen LogP) is 12.0. The predicted molar refractivity (Wildman–Crippen MR) is 198 cm³/mol. The van der Waals surface area contributed by atoms with Gasteiger partial charge in [0.2, 0.25) is 0 Å². The van der Waals surface area contributed by atoms with E-state index in [4.69, 9.17) is 0 Å². The number of benzene rings is 7. The molecule has 0 aromatic heterocycles. The highest BCUT2D eigenvalue weighted by Crippen LogP contribution is 2.63. The normalized spacial score (nSPS) is 15.1. The zero-order valence-corrected chi connectivity index (χ0v) is 26.8. The second-order valence-corrected chi connectivity index (χ2v) is 13.4. The summed E-state index contributed by atoms with van der Waals surface area (Å²) in [5.74, 6) is 0.209. The molecule has 0 saturated carbocycles. The highest BCUT2D eigenvalue weighted by molar-refractivity contribution is 5.99. The van der Waals surface area contributed by atoms with Gasteiger partial charge in [-0.1, -0.05) is 181 Å². The summed E-state index contributed by atoms with van der Waals surface area (Å²) in [4.78, 5) is 0. The Labute approximate surface area is 277 Å². The number of allylic oxidation sites excluding steroid dienone is 1. The molecule has 1 atom stereocenters. The molecule has 2 aliphatic rings. The lowest BCUT2D eigenvalue weighted by Gasteiger charge is -2.46. The first-order valence-corrected chi connectivity index (χ1v) is 16.8. The minimum atomic E-state index is -0.413. The molecule has 9 rings (SSSR count). The lowest BCUT2D eigenvalue weighted by Crippen LogP contribution is -2.40. The molecule has 0 saturated heterocycles. The van der Waals surface area contributed by atoms with Crippen molar-refractivity contribution in [1.82, 2.24) is 0 Å². The SMILES string of the molecule is Cc1ccc2c(c1)C(C(c1ccccc1)(c1ccccc1)C1C=Cc3c(-c4cccc5ccccc45)cccc31)c1cc(C)ccc1-2. The van der Waals surface area contributed by atoms with Crippen LogP contribution in [-0.4, -0.2) is 0 Å². The molecule has 0 N–H and O–H groups in total. The van der Waals surface area contributed by atoms with Gasteiger partial charge in [-0.3, -0.25) is 0 Å². The quantitative estimate of drug-likeness (QED) is 0.184. The minimum absolute atomic E-state index is 0.0991. The van der Waals surface area contributed by atoms with Crippen LogP contribution in [-0.2, 0) is 5.41 Å². The Hall–Kier alpha value is -5.46. The van der Waals surface area contributed by atoms with E-state index in [1.54, 1.807) is 0 Å². The summed E-state index contributed by atoms with van der Waals surface area (Å²) in [5, 5.41) is 2.57. The average Bonchev–Trinajstić information content (AvgIpc) is 3.69. The molecule has 0 aliphatic heterocycles. The first-order chi connectivity index (χ1) is 23.1. The molecule has 0 amide bonds. The van der Waals surface area contributed by atoms with Crippen molar-refractivity contribution in [2.45, 2.75) is 31.1 Å².